The van der Waals surface area contributed by atoms with Crippen molar-refractivity contribution in [1.29, 1.82) is 0 Å². The molecule has 672 valence electrons. The Hall–Kier alpha value is -15.0. The number of benzene rings is 18. The fourth-order valence-electron chi connectivity index (χ4n) is 22.7. The Bertz CT molecular complexity index is 8050. The van der Waals surface area contributed by atoms with Gasteiger partial charge in [-0.3, -0.25) is 0 Å². The van der Waals surface area contributed by atoms with Gasteiger partial charge in [0.15, 0.2) is 0 Å². The molecule has 6 heteroatoms. The number of rotatable bonds is 11. The number of anilines is 6. The lowest BCUT2D eigenvalue weighted by molar-refractivity contribution is 0.590. The first-order valence-electron chi connectivity index (χ1n) is 49.5. The van der Waals surface area contributed by atoms with Gasteiger partial charge in [0.1, 0.15) is 0 Å². The third-order valence-electron chi connectivity index (χ3n) is 30.2. The minimum atomic E-state index is -0.375. The number of hydrogen-bond donors (Lipinski definition) is 0. The largest absolute Gasteiger partial charge is 0.310 e. The van der Waals surface area contributed by atoms with Crippen LogP contribution in [0.25, 0.3) is 171 Å². The van der Waals surface area contributed by atoms with Gasteiger partial charge in [0, 0.05) is 99.5 Å². The van der Waals surface area contributed by atoms with Crippen molar-refractivity contribution in [2.45, 2.75) is 157 Å². The summed E-state index contributed by atoms with van der Waals surface area (Å²) in [4.78, 5) is 5.56. The van der Waals surface area contributed by atoms with E-state index in [1.54, 1.807) is 0 Å². The number of hydrogen-bond acceptors (Lipinski definition) is 2. The second-order valence-corrected chi connectivity index (χ2v) is 45.4. The van der Waals surface area contributed by atoms with E-state index in [0.717, 1.165) is 123 Å². The number of aromatic nitrogens is 3. The summed E-state index contributed by atoms with van der Waals surface area (Å²) >= 11 is 0. The smallest absolute Gasteiger partial charge is 0.252 e. The molecular weight excluding hydrogens is 1670 g/mol. The highest BCUT2D eigenvalue weighted by molar-refractivity contribution is 7.00. The molecule has 0 N–H and O–H groups in total. The summed E-state index contributed by atoms with van der Waals surface area (Å²) in [6.07, 6.45) is 0. The third kappa shape index (κ3) is 14.0. The molecule has 6 heterocycles. The molecule has 2 aliphatic rings. The zero-order valence-electron chi connectivity index (χ0n) is 82.6. The van der Waals surface area contributed by atoms with Crippen LogP contribution in [0.5, 0.6) is 0 Å². The second kappa shape index (κ2) is 31.3. The minimum absolute atomic E-state index is 0.0492. The molecule has 0 saturated carbocycles. The number of nitrogens with zero attached hydrogens (tertiary/aromatic N) is 5. The summed E-state index contributed by atoms with van der Waals surface area (Å²) in [5.74, 6) is 0. The molecular formula is C132H116BN5. The molecule has 24 rings (SSSR count). The average Bonchev–Trinajstić information content (AvgIpc) is 0.801. The van der Waals surface area contributed by atoms with Gasteiger partial charge in [0.2, 0.25) is 0 Å². The first-order valence-corrected chi connectivity index (χ1v) is 49.5. The van der Waals surface area contributed by atoms with Crippen LogP contribution in [0.1, 0.15) is 158 Å². The van der Waals surface area contributed by atoms with Crippen molar-refractivity contribution in [3.63, 3.8) is 0 Å². The monoisotopic (exact) mass is 1780 g/mol. The van der Waals surface area contributed by atoms with Crippen LogP contribution < -0.4 is 26.2 Å². The van der Waals surface area contributed by atoms with E-state index in [0.29, 0.717) is 0 Å². The number of fused-ring (bicyclic) bond motifs is 16. The van der Waals surface area contributed by atoms with Crippen LogP contribution in [-0.2, 0) is 32.5 Å². The van der Waals surface area contributed by atoms with E-state index in [2.05, 4.69) is 524 Å². The fourth-order valence-corrected chi connectivity index (χ4v) is 22.7. The summed E-state index contributed by atoms with van der Waals surface area (Å²) < 4.78 is 7.84. The lowest BCUT2D eigenvalue weighted by Crippen LogP contribution is -2.61. The molecule has 0 spiro atoms. The Morgan fingerprint density at radius 2 is 0.471 bits per heavy atom. The van der Waals surface area contributed by atoms with Crippen molar-refractivity contribution >= 4 is 139 Å². The summed E-state index contributed by atoms with van der Waals surface area (Å²) in [5.41, 5.74) is 43.3. The maximum atomic E-state index is 2.78. The molecule has 0 radical (unpaired) electrons. The van der Waals surface area contributed by atoms with E-state index in [1.807, 2.05) is 0 Å². The first kappa shape index (κ1) is 85.9. The predicted octanol–water partition coefficient (Wildman–Crippen LogP) is 34.6. The highest BCUT2D eigenvalue weighted by atomic mass is 15.2. The second-order valence-electron chi connectivity index (χ2n) is 45.4. The molecule has 0 unspecified atom stereocenters. The van der Waals surface area contributed by atoms with Crippen molar-refractivity contribution in [2.75, 3.05) is 9.80 Å². The van der Waals surface area contributed by atoms with E-state index in [1.165, 1.54) is 131 Å². The van der Waals surface area contributed by atoms with Crippen molar-refractivity contribution in [3.8, 4) is 89.3 Å². The van der Waals surface area contributed by atoms with Crippen LogP contribution in [-0.4, -0.2) is 20.2 Å². The Morgan fingerprint density at radius 1 is 0.188 bits per heavy atom. The van der Waals surface area contributed by atoms with Gasteiger partial charge in [-0.1, -0.05) is 379 Å². The minimum Gasteiger partial charge on any atom is -0.310 e. The molecule has 22 aromatic rings. The summed E-state index contributed by atoms with van der Waals surface area (Å²) in [6, 6.07) is 147. The van der Waals surface area contributed by atoms with Crippen LogP contribution in [0.15, 0.2) is 376 Å². The zero-order valence-corrected chi connectivity index (χ0v) is 82.6. The van der Waals surface area contributed by atoms with Gasteiger partial charge < -0.3 is 23.3 Å². The van der Waals surface area contributed by atoms with Gasteiger partial charge >= 0.3 is 0 Å². The van der Waals surface area contributed by atoms with Gasteiger partial charge in [-0.25, -0.2) is 0 Å². The lowest BCUT2D eigenvalue weighted by atomic mass is 9.33. The molecule has 5 nitrogen and oxygen atoms in total. The maximum Gasteiger partial charge on any atom is 0.252 e. The fraction of sp³-hybridized carbons (Fsp3) is 0.182. The molecule has 0 bridgehead atoms. The normalized spacial score (nSPS) is 13.2. The van der Waals surface area contributed by atoms with Gasteiger partial charge in [-0.2, -0.15) is 0 Å². The Balaban J connectivity index is 0.909. The van der Waals surface area contributed by atoms with E-state index < -0.39 is 0 Å². The van der Waals surface area contributed by atoms with Crippen LogP contribution in [0.4, 0.5) is 34.1 Å². The van der Waals surface area contributed by atoms with Crippen LogP contribution in [0.2, 0.25) is 0 Å². The molecule has 18 aromatic carbocycles. The van der Waals surface area contributed by atoms with E-state index in [-0.39, 0.29) is 39.2 Å². The van der Waals surface area contributed by atoms with Crippen molar-refractivity contribution in [1.82, 2.24) is 13.5 Å². The van der Waals surface area contributed by atoms with Gasteiger partial charge in [0.25, 0.3) is 6.71 Å². The molecule has 138 heavy (non-hydrogen) atoms. The predicted molar refractivity (Wildman–Crippen MR) is 594 cm³/mol. The Morgan fingerprint density at radius 3 is 0.797 bits per heavy atom. The van der Waals surface area contributed by atoms with Gasteiger partial charge in [-0.05, 0) is 259 Å². The summed E-state index contributed by atoms with van der Waals surface area (Å²) in [6.45, 7) is 42.0. The topological polar surface area (TPSA) is 20.8 Å². The average molecular weight is 1780 g/mol. The van der Waals surface area contributed by atoms with Crippen LogP contribution in [0.3, 0.4) is 0 Å². The van der Waals surface area contributed by atoms with Crippen LogP contribution in [0, 0.1) is 0 Å². The molecule has 0 aliphatic carbocycles. The standard InChI is InChI=1S/C132H116BN5/c1-127(2,3)91-54-64-114-108(72-91)110-74-96(132(16,17)18)73-109-107-65-87(49-63-113(107)136(114)126(109)110)90-70-121-123-122(71-90)138(125-105(85-45-33-23-34-46-85)68-89(82-39-27-20-28-40-82)69-106(125)86-47-35-24-36-48-86)120-80-98(135-117-77-94(130(10,11)12)52-59-101(117)102-60-53-95(78-118(102)135)131(13,14)15)56-62-112(120)133(123)111-61-55-97(134-115-75-92(128(4,5)6)50-57-99(115)100-58-51-93(76-116(100)134)129(7,8)9)79-119(111)137(121)124-103(83-41-29-21-30-42-83)66-88(81-37-25-19-26-38-81)67-104(124)84-43-31-22-32-44-84/h19-80H,1-18H3. The van der Waals surface area contributed by atoms with E-state index in [4.69, 9.17) is 0 Å². The Kier molecular flexibility index (Phi) is 19.5. The lowest BCUT2D eigenvalue weighted by Gasteiger charge is -2.46. The van der Waals surface area contributed by atoms with Crippen molar-refractivity contribution < 1.29 is 0 Å². The maximum absolute atomic E-state index is 2.78. The molecule has 4 aromatic heterocycles. The Labute approximate surface area is 812 Å². The quantitative estimate of drug-likeness (QED) is 0.120. The van der Waals surface area contributed by atoms with E-state index >= 15 is 0 Å². The molecule has 0 fully saturated rings. The van der Waals surface area contributed by atoms with Gasteiger partial charge in [-0.15, -0.1) is 0 Å². The first-order chi connectivity index (χ1) is 66.2. The van der Waals surface area contributed by atoms with Crippen LogP contribution >= 0.6 is 0 Å². The SMILES string of the molecule is CC(C)(C)c1ccc2c(c1)c1cc(C(C)(C)C)cc3c4cc(-c5cc6c7c(c5)N(c5c(-c8ccccc8)cc(-c8ccccc8)cc5-c5ccccc5)c5cc(-n8c9cc(C(C)(C)C)ccc9c9ccc(C(C)(C)C)cc98)ccc5B7c5ccc(-n7c8cc(C(C)(C)C)ccc8c8ccc(C(C)(C)C)cc87)cc5N6c5c(-c6ccccc6)cc(-c6ccccc6)cc5-c5ccccc5)ccc4n2c31. The zero-order chi connectivity index (χ0) is 94.9. The molecule has 2 aliphatic heterocycles. The molecule has 0 saturated heterocycles. The third-order valence-corrected chi connectivity index (χ3v) is 30.2. The summed E-state index contributed by atoms with van der Waals surface area (Å²) in [7, 11) is 0. The molecule has 0 amide bonds. The highest BCUT2D eigenvalue weighted by Crippen LogP contribution is 2.58. The highest BCUT2D eigenvalue weighted by Gasteiger charge is 2.47. The summed E-state index contributed by atoms with van der Waals surface area (Å²) in [5, 5.41) is 9.97. The van der Waals surface area contributed by atoms with E-state index in [9.17, 15) is 0 Å². The van der Waals surface area contributed by atoms with Crippen molar-refractivity contribution in [2.24, 2.45) is 0 Å². The van der Waals surface area contributed by atoms with Crippen molar-refractivity contribution in [3.05, 3.63) is 409 Å². The molecule has 0 atom stereocenters. The van der Waals surface area contributed by atoms with Gasteiger partial charge in [0.05, 0.1) is 50.0 Å².